The van der Waals surface area contributed by atoms with Crippen LogP contribution in [0.1, 0.15) is 24.0 Å². The minimum Gasteiger partial charge on any atom is -0.389 e. The maximum Gasteiger partial charge on any atom is 0.106 e. The first-order chi connectivity index (χ1) is 8.15. The van der Waals surface area contributed by atoms with Crippen LogP contribution in [0.5, 0.6) is 0 Å². The quantitative estimate of drug-likeness (QED) is 0.588. The van der Waals surface area contributed by atoms with Gasteiger partial charge in [-0.1, -0.05) is 23.8 Å². The van der Waals surface area contributed by atoms with Gasteiger partial charge in [0.05, 0.1) is 0 Å². The molecule has 0 amide bonds. The minimum absolute atomic E-state index is 0.459. The summed E-state index contributed by atoms with van der Waals surface area (Å²) < 4.78 is 0. The number of unbranched alkanes of at least 4 members (excludes halogenated alkanes) is 1. The molecule has 0 aliphatic heterocycles. The van der Waals surface area contributed by atoms with Crippen molar-refractivity contribution < 1.29 is 0 Å². The van der Waals surface area contributed by atoms with E-state index in [4.69, 9.17) is 18.0 Å². The Morgan fingerprint density at radius 3 is 2.82 bits per heavy atom. The summed E-state index contributed by atoms with van der Waals surface area (Å²) in [5, 5.41) is 3.40. The van der Waals surface area contributed by atoms with Crippen LogP contribution in [-0.4, -0.2) is 23.5 Å². The van der Waals surface area contributed by atoms with Gasteiger partial charge in [-0.3, -0.25) is 0 Å². The monoisotopic (exact) mass is 268 g/mol. The van der Waals surface area contributed by atoms with E-state index in [9.17, 15) is 0 Å². The van der Waals surface area contributed by atoms with E-state index in [0.29, 0.717) is 4.99 Å². The molecule has 0 saturated heterocycles. The Morgan fingerprint density at radius 1 is 1.41 bits per heavy atom. The normalized spacial score (nSPS) is 10.2. The molecule has 1 rings (SSSR count). The standard InChI is InChI=1S/C13H20N2S2/c1-10-5-6-12(11(9-10)13(14)16)15-7-3-4-8-17-2/h5-6,9,15H,3-4,7-8H2,1-2H3,(H2,14,16). The van der Waals surface area contributed by atoms with Gasteiger partial charge in [0.1, 0.15) is 4.99 Å². The summed E-state index contributed by atoms with van der Waals surface area (Å²) in [6.45, 7) is 3.02. The molecular weight excluding hydrogens is 248 g/mol. The maximum atomic E-state index is 5.72. The van der Waals surface area contributed by atoms with E-state index in [0.717, 1.165) is 17.8 Å². The van der Waals surface area contributed by atoms with Gasteiger partial charge in [0, 0.05) is 17.8 Å². The number of rotatable bonds is 7. The SMILES string of the molecule is CSCCCCNc1ccc(C)cc1C(N)=S. The first-order valence-electron chi connectivity index (χ1n) is 5.78. The van der Waals surface area contributed by atoms with E-state index in [2.05, 4.69) is 23.7 Å². The third-order valence-electron chi connectivity index (χ3n) is 2.53. The molecular formula is C13H20N2S2. The van der Waals surface area contributed by atoms with Gasteiger partial charge in [-0.2, -0.15) is 11.8 Å². The average molecular weight is 268 g/mol. The Hall–Kier alpha value is -0.740. The lowest BCUT2D eigenvalue weighted by Gasteiger charge is -2.11. The molecule has 17 heavy (non-hydrogen) atoms. The molecule has 0 bridgehead atoms. The van der Waals surface area contributed by atoms with Crippen LogP contribution >= 0.6 is 24.0 Å². The lowest BCUT2D eigenvalue weighted by molar-refractivity contribution is 0.843. The molecule has 0 spiro atoms. The Labute approximate surface area is 113 Å². The summed E-state index contributed by atoms with van der Waals surface area (Å²) in [7, 11) is 0. The van der Waals surface area contributed by atoms with E-state index in [1.54, 1.807) is 0 Å². The van der Waals surface area contributed by atoms with Crippen molar-refractivity contribution in [3.05, 3.63) is 29.3 Å². The van der Waals surface area contributed by atoms with Crippen LogP contribution in [0.25, 0.3) is 0 Å². The fourth-order valence-electron chi connectivity index (χ4n) is 1.61. The zero-order valence-electron chi connectivity index (χ0n) is 10.5. The number of hydrogen-bond acceptors (Lipinski definition) is 3. The topological polar surface area (TPSA) is 38.0 Å². The summed E-state index contributed by atoms with van der Waals surface area (Å²) in [5.41, 5.74) is 8.90. The summed E-state index contributed by atoms with van der Waals surface area (Å²) in [6, 6.07) is 6.16. The molecule has 0 aliphatic carbocycles. The zero-order valence-corrected chi connectivity index (χ0v) is 12.1. The van der Waals surface area contributed by atoms with Crippen LogP contribution in [0, 0.1) is 6.92 Å². The van der Waals surface area contributed by atoms with Gasteiger partial charge in [-0.05, 0) is 43.9 Å². The summed E-state index contributed by atoms with van der Waals surface area (Å²) >= 11 is 6.95. The van der Waals surface area contributed by atoms with Crippen molar-refractivity contribution in [2.45, 2.75) is 19.8 Å². The van der Waals surface area contributed by atoms with Crippen LogP contribution in [-0.2, 0) is 0 Å². The van der Waals surface area contributed by atoms with Crippen molar-refractivity contribution >= 4 is 34.7 Å². The van der Waals surface area contributed by atoms with E-state index < -0.39 is 0 Å². The first kappa shape index (κ1) is 14.3. The summed E-state index contributed by atoms with van der Waals surface area (Å²) in [4.78, 5) is 0.459. The van der Waals surface area contributed by atoms with Crippen molar-refractivity contribution in [1.29, 1.82) is 0 Å². The third-order valence-corrected chi connectivity index (χ3v) is 3.45. The van der Waals surface area contributed by atoms with Gasteiger partial charge < -0.3 is 11.1 Å². The van der Waals surface area contributed by atoms with E-state index >= 15 is 0 Å². The van der Waals surface area contributed by atoms with Crippen LogP contribution in [0.15, 0.2) is 18.2 Å². The fourth-order valence-corrected chi connectivity index (χ4v) is 2.27. The van der Waals surface area contributed by atoms with Crippen LogP contribution < -0.4 is 11.1 Å². The fraction of sp³-hybridized carbons (Fsp3) is 0.462. The minimum atomic E-state index is 0.459. The van der Waals surface area contributed by atoms with E-state index in [1.165, 1.54) is 24.2 Å². The van der Waals surface area contributed by atoms with Crippen LogP contribution in [0.3, 0.4) is 0 Å². The molecule has 0 fully saturated rings. The van der Waals surface area contributed by atoms with E-state index in [1.807, 2.05) is 24.8 Å². The average Bonchev–Trinajstić information content (AvgIpc) is 2.30. The molecule has 0 unspecified atom stereocenters. The Balaban J connectivity index is 2.55. The predicted molar refractivity (Wildman–Crippen MR) is 83.2 cm³/mol. The van der Waals surface area contributed by atoms with Crippen molar-refractivity contribution in [2.24, 2.45) is 5.73 Å². The highest BCUT2D eigenvalue weighted by Crippen LogP contribution is 2.17. The van der Waals surface area contributed by atoms with Gasteiger partial charge in [0.15, 0.2) is 0 Å². The number of nitrogens with two attached hydrogens (primary N) is 1. The van der Waals surface area contributed by atoms with Crippen molar-refractivity contribution in [2.75, 3.05) is 23.9 Å². The summed E-state index contributed by atoms with van der Waals surface area (Å²) in [6.07, 6.45) is 4.55. The van der Waals surface area contributed by atoms with Gasteiger partial charge >= 0.3 is 0 Å². The lowest BCUT2D eigenvalue weighted by Crippen LogP contribution is -2.14. The smallest absolute Gasteiger partial charge is 0.106 e. The zero-order chi connectivity index (χ0) is 12.7. The lowest BCUT2D eigenvalue weighted by atomic mass is 10.1. The molecule has 0 saturated carbocycles. The number of thioether (sulfide) groups is 1. The van der Waals surface area contributed by atoms with Crippen LogP contribution in [0.2, 0.25) is 0 Å². The van der Waals surface area contributed by atoms with E-state index in [-0.39, 0.29) is 0 Å². The molecule has 2 nitrogen and oxygen atoms in total. The molecule has 0 radical (unpaired) electrons. The van der Waals surface area contributed by atoms with Gasteiger partial charge in [0.2, 0.25) is 0 Å². The van der Waals surface area contributed by atoms with Gasteiger partial charge in [0.25, 0.3) is 0 Å². The molecule has 0 heterocycles. The second-order valence-electron chi connectivity index (χ2n) is 4.04. The predicted octanol–water partition coefficient (Wildman–Crippen LogP) is 3.18. The van der Waals surface area contributed by atoms with Gasteiger partial charge in [-0.25, -0.2) is 0 Å². The molecule has 0 aromatic heterocycles. The molecule has 1 aromatic rings. The first-order valence-corrected chi connectivity index (χ1v) is 7.58. The molecule has 0 aliphatic rings. The number of hydrogen-bond donors (Lipinski definition) is 2. The number of thiocarbonyl (C=S) groups is 1. The highest BCUT2D eigenvalue weighted by atomic mass is 32.2. The Bertz CT molecular complexity index is 378. The second kappa shape index (κ2) is 7.56. The maximum absolute atomic E-state index is 5.72. The van der Waals surface area contributed by atoms with Crippen LogP contribution in [0.4, 0.5) is 5.69 Å². The highest BCUT2D eigenvalue weighted by Gasteiger charge is 2.04. The second-order valence-corrected chi connectivity index (χ2v) is 5.47. The molecule has 0 atom stereocenters. The third kappa shape index (κ3) is 4.96. The largest absolute Gasteiger partial charge is 0.389 e. The molecule has 3 N–H and O–H groups in total. The number of anilines is 1. The van der Waals surface area contributed by atoms with Crippen molar-refractivity contribution in [3.8, 4) is 0 Å². The molecule has 1 aromatic carbocycles. The van der Waals surface area contributed by atoms with Crippen molar-refractivity contribution in [1.82, 2.24) is 0 Å². The highest BCUT2D eigenvalue weighted by molar-refractivity contribution is 7.98. The Morgan fingerprint density at radius 2 is 2.18 bits per heavy atom. The Kier molecular flexibility index (Phi) is 6.37. The van der Waals surface area contributed by atoms with Crippen molar-refractivity contribution in [3.63, 3.8) is 0 Å². The number of benzene rings is 1. The summed E-state index contributed by atoms with van der Waals surface area (Å²) in [5.74, 6) is 1.22. The molecule has 94 valence electrons. The van der Waals surface area contributed by atoms with Gasteiger partial charge in [-0.15, -0.1) is 0 Å². The number of nitrogens with one attached hydrogen (secondary N) is 1. The molecule has 4 heteroatoms. The number of aryl methyl sites for hydroxylation is 1.